The molecular weight excluding hydrogens is 303 g/mol. The minimum Gasteiger partial charge on any atom is -0.347 e. The molecular formula is C16H21FN2O2S. The molecule has 0 unspecified atom stereocenters. The van der Waals surface area contributed by atoms with Crippen molar-refractivity contribution < 1.29 is 14.0 Å². The lowest BCUT2D eigenvalue weighted by Gasteiger charge is -2.18. The van der Waals surface area contributed by atoms with Crippen LogP contribution in [0.4, 0.5) is 4.39 Å². The largest absolute Gasteiger partial charge is 0.347 e. The first-order valence-electron chi connectivity index (χ1n) is 7.29. The van der Waals surface area contributed by atoms with Crippen molar-refractivity contribution in [2.45, 2.75) is 31.1 Å². The van der Waals surface area contributed by atoms with E-state index in [-0.39, 0.29) is 28.6 Å². The summed E-state index contributed by atoms with van der Waals surface area (Å²) in [7, 11) is 3.31. The third-order valence-corrected chi connectivity index (χ3v) is 5.06. The van der Waals surface area contributed by atoms with E-state index in [4.69, 9.17) is 0 Å². The first-order valence-corrected chi connectivity index (χ1v) is 8.34. The Bertz CT molecular complexity index is 577. The van der Waals surface area contributed by atoms with Gasteiger partial charge in [-0.05, 0) is 43.0 Å². The van der Waals surface area contributed by atoms with Gasteiger partial charge in [-0.15, -0.1) is 11.8 Å². The van der Waals surface area contributed by atoms with Gasteiger partial charge in [0.2, 0.25) is 11.8 Å². The molecule has 0 heterocycles. The lowest BCUT2D eigenvalue weighted by atomic mass is 10.1. The van der Waals surface area contributed by atoms with Gasteiger partial charge in [-0.2, -0.15) is 0 Å². The van der Waals surface area contributed by atoms with Gasteiger partial charge >= 0.3 is 0 Å². The molecule has 0 radical (unpaired) electrons. The predicted octanol–water partition coefficient (Wildman–Crippen LogP) is 2.14. The number of fused-ring (bicyclic) bond motifs is 1. The molecule has 22 heavy (non-hydrogen) atoms. The van der Waals surface area contributed by atoms with Gasteiger partial charge in [-0.3, -0.25) is 9.59 Å². The molecule has 1 aliphatic carbocycles. The van der Waals surface area contributed by atoms with Gasteiger partial charge in [0.25, 0.3) is 0 Å². The summed E-state index contributed by atoms with van der Waals surface area (Å²) in [5.41, 5.74) is 2.16. The van der Waals surface area contributed by atoms with Crippen molar-refractivity contribution in [3.05, 3.63) is 35.1 Å². The van der Waals surface area contributed by atoms with Crippen molar-refractivity contribution in [3.8, 4) is 0 Å². The average Bonchev–Trinajstić information content (AvgIpc) is 2.86. The van der Waals surface area contributed by atoms with Crippen LogP contribution in [0.15, 0.2) is 18.2 Å². The number of carbonyl (C=O) groups is 2. The van der Waals surface area contributed by atoms with Gasteiger partial charge in [0.1, 0.15) is 11.9 Å². The second-order valence-corrected chi connectivity index (χ2v) is 6.89. The molecule has 2 rings (SSSR count). The molecule has 120 valence electrons. The van der Waals surface area contributed by atoms with Crippen LogP contribution in [-0.2, 0) is 16.0 Å². The molecule has 6 heteroatoms. The zero-order valence-electron chi connectivity index (χ0n) is 13.1. The van der Waals surface area contributed by atoms with Crippen molar-refractivity contribution in [1.29, 1.82) is 0 Å². The smallest absolute Gasteiger partial charge is 0.244 e. The summed E-state index contributed by atoms with van der Waals surface area (Å²) < 4.78 is 13.3. The Hall–Kier alpha value is -1.56. The van der Waals surface area contributed by atoms with Gasteiger partial charge in [0, 0.05) is 19.3 Å². The number of hydrogen-bond donors (Lipinski definition) is 1. The molecule has 0 aromatic heterocycles. The van der Waals surface area contributed by atoms with E-state index in [9.17, 15) is 14.0 Å². The van der Waals surface area contributed by atoms with Crippen LogP contribution >= 0.6 is 11.8 Å². The van der Waals surface area contributed by atoms with Crippen molar-refractivity contribution in [2.24, 2.45) is 0 Å². The van der Waals surface area contributed by atoms with E-state index >= 15 is 0 Å². The number of aryl methyl sites for hydroxylation is 1. The Morgan fingerprint density at radius 2 is 2.18 bits per heavy atom. The summed E-state index contributed by atoms with van der Waals surface area (Å²) in [6.45, 7) is 1.67. The average molecular weight is 324 g/mol. The second-order valence-electron chi connectivity index (χ2n) is 5.70. The molecule has 2 atom stereocenters. The van der Waals surface area contributed by atoms with Crippen LogP contribution in [0.5, 0.6) is 0 Å². The lowest BCUT2D eigenvalue weighted by molar-refractivity contribution is -0.133. The summed E-state index contributed by atoms with van der Waals surface area (Å²) in [5.74, 6) is -0.267. The molecule has 2 amide bonds. The van der Waals surface area contributed by atoms with Gasteiger partial charge in [-0.25, -0.2) is 4.39 Å². The fourth-order valence-electron chi connectivity index (χ4n) is 2.62. The van der Waals surface area contributed by atoms with E-state index in [0.29, 0.717) is 0 Å². The van der Waals surface area contributed by atoms with Gasteiger partial charge in [0.15, 0.2) is 0 Å². The molecule has 1 aromatic carbocycles. The van der Waals surface area contributed by atoms with E-state index in [2.05, 4.69) is 5.32 Å². The van der Waals surface area contributed by atoms with E-state index in [1.165, 1.54) is 22.7 Å². The number of nitrogens with zero attached hydrogens (tertiary/aromatic N) is 1. The number of thioether (sulfide) groups is 1. The fourth-order valence-corrected chi connectivity index (χ4v) is 3.74. The van der Waals surface area contributed by atoms with Crippen LogP contribution in [-0.4, -0.2) is 42.6 Å². The second kappa shape index (κ2) is 7.13. The summed E-state index contributed by atoms with van der Waals surface area (Å²) in [6, 6.07) is 4.34. The number of nitrogens with one attached hydrogen (secondary N) is 1. The van der Waals surface area contributed by atoms with Crippen LogP contribution in [0.1, 0.15) is 29.7 Å². The minimum atomic E-state index is -0.531. The number of carbonyl (C=O) groups excluding carboxylic acids is 2. The normalized spacial score (nSPS) is 17.7. The zero-order chi connectivity index (χ0) is 16.3. The minimum absolute atomic E-state index is 0.133. The third-order valence-electron chi connectivity index (χ3n) is 3.73. The Morgan fingerprint density at radius 1 is 1.45 bits per heavy atom. The highest BCUT2D eigenvalue weighted by Gasteiger charge is 2.25. The maximum absolute atomic E-state index is 13.3. The van der Waals surface area contributed by atoms with E-state index < -0.39 is 6.04 Å². The Morgan fingerprint density at radius 3 is 2.86 bits per heavy atom. The molecule has 1 aliphatic rings. The molecule has 0 saturated heterocycles. The molecule has 4 nitrogen and oxygen atoms in total. The molecule has 0 fully saturated rings. The van der Waals surface area contributed by atoms with E-state index in [0.717, 1.165) is 24.0 Å². The summed E-state index contributed by atoms with van der Waals surface area (Å²) in [4.78, 5) is 25.1. The highest BCUT2D eigenvalue weighted by atomic mass is 32.2. The monoisotopic (exact) mass is 324 g/mol. The number of amides is 2. The van der Waals surface area contributed by atoms with Crippen LogP contribution < -0.4 is 5.32 Å². The maximum Gasteiger partial charge on any atom is 0.244 e. The molecule has 0 aliphatic heterocycles. The van der Waals surface area contributed by atoms with Crippen molar-refractivity contribution in [3.63, 3.8) is 0 Å². The van der Waals surface area contributed by atoms with E-state index in [1.54, 1.807) is 27.1 Å². The maximum atomic E-state index is 13.3. The van der Waals surface area contributed by atoms with Crippen LogP contribution in [0.25, 0.3) is 0 Å². The number of halogens is 1. The van der Waals surface area contributed by atoms with Crippen LogP contribution in [0.3, 0.4) is 0 Å². The van der Waals surface area contributed by atoms with Crippen molar-refractivity contribution in [2.75, 3.05) is 19.8 Å². The van der Waals surface area contributed by atoms with Gasteiger partial charge < -0.3 is 10.2 Å². The van der Waals surface area contributed by atoms with Crippen LogP contribution in [0.2, 0.25) is 0 Å². The Kier molecular flexibility index (Phi) is 5.45. The molecule has 0 spiro atoms. The molecule has 1 N–H and O–H groups in total. The standard InChI is InChI=1S/C16H21FN2O2S/c1-10(16(21)19(2)3)18-15(20)9-22-14-7-5-11-4-6-12(17)8-13(11)14/h4,6,8,10,14H,5,7,9H2,1-3H3,(H,18,20)/t10-,14+/m1/s1. The first kappa shape index (κ1) is 16.8. The fraction of sp³-hybridized carbons (Fsp3) is 0.500. The summed E-state index contributed by atoms with van der Waals surface area (Å²) in [5, 5.41) is 2.84. The SMILES string of the molecule is C[C@@H](NC(=O)CS[C@H]1CCc2ccc(F)cc21)C(=O)N(C)C. The van der Waals surface area contributed by atoms with Gasteiger partial charge in [0.05, 0.1) is 5.75 Å². The number of benzene rings is 1. The van der Waals surface area contributed by atoms with Crippen molar-refractivity contribution in [1.82, 2.24) is 10.2 Å². The van der Waals surface area contributed by atoms with Crippen molar-refractivity contribution >= 4 is 23.6 Å². The zero-order valence-corrected chi connectivity index (χ0v) is 13.9. The predicted molar refractivity (Wildman–Crippen MR) is 86.2 cm³/mol. The number of likely N-dealkylation sites (N-methyl/N-ethyl adjacent to an activating group) is 1. The molecule has 0 saturated carbocycles. The summed E-state index contributed by atoms with van der Waals surface area (Å²) in [6.07, 6.45) is 1.84. The third kappa shape index (κ3) is 4.00. The highest BCUT2D eigenvalue weighted by molar-refractivity contribution is 8.00. The first-order chi connectivity index (χ1) is 10.4. The van der Waals surface area contributed by atoms with Crippen LogP contribution in [0, 0.1) is 5.82 Å². The Balaban J connectivity index is 1.86. The number of hydrogen-bond acceptors (Lipinski definition) is 3. The number of rotatable bonds is 5. The Labute approximate surface area is 134 Å². The van der Waals surface area contributed by atoms with Gasteiger partial charge in [-0.1, -0.05) is 6.07 Å². The molecule has 0 bridgehead atoms. The topological polar surface area (TPSA) is 49.4 Å². The summed E-state index contributed by atoms with van der Waals surface area (Å²) >= 11 is 1.50. The molecule has 1 aromatic rings. The highest BCUT2D eigenvalue weighted by Crippen LogP contribution is 2.41. The quantitative estimate of drug-likeness (QED) is 0.903. The van der Waals surface area contributed by atoms with E-state index in [1.807, 2.05) is 6.07 Å². The lowest BCUT2D eigenvalue weighted by Crippen LogP contribution is -2.44.